The Labute approximate surface area is 173 Å². The highest BCUT2D eigenvalue weighted by atomic mass is 16.5. The molecular formula is C24H32N4O. The molecule has 0 aromatic carbocycles. The minimum Gasteiger partial charge on any atom is -0.492 e. The van der Waals surface area contributed by atoms with Gasteiger partial charge in [0.25, 0.3) is 0 Å². The number of hydrogen-bond acceptors (Lipinski definition) is 4. The lowest BCUT2D eigenvalue weighted by atomic mass is 10.0. The van der Waals surface area contributed by atoms with E-state index in [0.29, 0.717) is 6.61 Å². The van der Waals surface area contributed by atoms with E-state index in [2.05, 4.69) is 33.1 Å². The van der Waals surface area contributed by atoms with Crippen LogP contribution in [0, 0.1) is 5.92 Å². The maximum Gasteiger partial charge on any atom is 0.140 e. The molecular weight excluding hydrogens is 360 g/mol. The zero-order valence-electron chi connectivity index (χ0n) is 17.7. The number of pyridine rings is 2. The van der Waals surface area contributed by atoms with Crippen LogP contribution >= 0.6 is 0 Å². The van der Waals surface area contributed by atoms with Crippen molar-refractivity contribution < 1.29 is 4.74 Å². The van der Waals surface area contributed by atoms with E-state index in [1.807, 2.05) is 32.4 Å². The number of fused-ring (bicyclic) bond motifs is 1. The molecule has 3 heterocycles. The maximum absolute atomic E-state index is 5.54. The lowest BCUT2D eigenvalue weighted by Gasteiger charge is -2.18. The summed E-state index contributed by atoms with van der Waals surface area (Å²) in [4.78, 5) is 9.43. The van der Waals surface area contributed by atoms with Gasteiger partial charge in [-0.05, 0) is 49.9 Å². The van der Waals surface area contributed by atoms with Gasteiger partial charge in [0.05, 0.1) is 24.7 Å². The molecule has 0 unspecified atom stereocenters. The van der Waals surface area contributed by atoms with Crippen molar-refractivity contribution in [2.45, 2.75) is 58.4 Å². The van der Waals surface area contributed by atoms with E-state index in [1.165, 1.54) is 49.6 Å². The number of hydrogen-bond donors (Lipinski definition) is 1. The van der Waals surface area contributed by atoms with Crippen LogP contribution in [0.1, 0.15) is 56.8 Å². The Morgan fingerprint density at radius 2 is 1.90 bits per heavy atom. The molecule has 0 saturated heterocycles. The number of aromatic nitrogens is 3. The summed E-state index contributed by atoms with van der Waals surface area (Å²) in [6.07, 6.45) is 12.7. The second-order valence-electron chi connectivity index (χ2n) is 8.09. The first-order chi connectivity index (χ1) is 14.3. The SMILES string of the molecule is CCOc1ccc(Cc2cc3cc(NC)cnc3n2CC2CCCCCC2)nc1. The highest BCUT2D eigenvalue weighted by Gasteiger charge is 2.18. The van der Waals surface area contributed by atoms with Gasteiger partial charge in [-0.1, -0.05) is 25.7 Å². The van der Waals surface area contributed by atoms with Gasteiger partial charge < -0.3 is 14.6 Å². The molecule has 1 saturated carbocycles. The predicted molar refractivity (Wildman–Crippen MR) is 119 cm³/mol. The minimum atomic E-state index is 0.663. The van der Waals surface area contributed by atoms with Gasteiger partial charge in [0.15, 0.2) is 0 Å². The Bertz CT molecular complexity index is 924. The first kappa shape index (κ1) is 19.7. The summed E-state index contributed by atoms with van der Waals surface area (Å²) >= 11 is 0. The predicted octanol–water partition coefficient (Wildman–Crippen LogP) is 5.43. The molecule has 0 atom stereocenters. The molecule has 0 aliphatic heterocycles. The Hall–Kier alpha value is -2.56. The van der Waals surface area contributed by atoms with Crippen LogP contribution in [-0.2, 0) is 13.0 Å². The highest BCUT2D eigenvalue weighted by Crippen LogP contribution is 2.29. The van der Waals surface area contributed by atoms with Gasteiger partial charge in [-0.2, -0.15) is 0 Å². The third-order valence-corrected chi connectivity index (χ3v) is 5.99. The quantitative estimate of drug-likeness (QED) is 0.545. The lowest BCUT2D eigenvalue weighted by Crippen LogP contribution is -2.13. The van der Waals surface area contributed by atoms with Gasteiger partial charge in [0, 0.05) is 36.8 Å². The Morgan fingerprint density at radius 3 is 2.59 bits per heavy atom. The lowest BCUT2D eigenvalue weighted by molar-refractivity contribution is 0.338. The molecule has 154 valence electrons. The summed E-state index contributed by atoms with van der Waals surface area (Å²) in [6.45, 7) is 3.71. The molecule has 1 fully saturated rings. The molecule has 0 radical (unpaired) electrons. The van der Waals surface area contributed by atoms with E-state index in [9.17, 15) is 0 Å². The monoisotopic (exact) mass is 392 g/mol. The first-order valence-corrected chi connectivity index (χ1v) is 11.0. The second-order valence-corrected chi connectivity index (χ2v) is 8.09. The fourth-order valence-electron chi connectivity index (χ4n) is 4.44. The molecule has 5 heteroatoms. The van der Waals surface area contributed by atoms with Crippen LogP contribution in [0.5, 0.6) is 5.75 Å². The zero-order valence-corrected chi connectivity index (χ0v) is 17.7. The molecule has 3 aromatic heterocycles. The van der Waals surface area contributed by atoms with Crippen molar-refractivity contribution in [2.24, 2.45) is 5.92 Å². The zero-order chi connectivity index (χ0) is 20.1. The van der Waals surface area contributed by atoms with Crippen molar-refractivity contribution in [3.05, 3.63) is 48.0 Å². The first-order valence-electron chi connectivity index (χ1n) is 11.0. The second kappa shape index (κ2) is 9.29. The van der Waals surface area contributed by atoms with Crippen molar-refractivity contribution in [2.75, 3.05) is 19.0 Å². The normalized spacial score (nSPS) is 15.4. The van der Waals surface area contributed by atoms with Crippen molar-refractivity contribution in [3.8, 4) is 5.75 Å². The van der Waals surface area contributed by atoms with Gasteiger partial charge in [0.1, 0.15) is 11.4 Å². The number of ether oxygens (including phenoxy) is 1. The topological polar surface area (TPSA) is 52.0 Å². The van der Waals surface area contributed by atoms with Crippen molar-refractivity contribution in [3.63, 3.8) is 0 Å². The van der Waals surface area contributed by atoms with Crippen LogP contribution in [0.3, 0.4) is 0 Å². The van der Waals surface area contributed by atoms with Crippen LogP contribution in [0.15, 0.2) is 36.7 Å². The molecule has 1 aliphatic carbocycles. The molecule has 29 heavy (non-hydrogen) atoms. The smallest absolute Gasteiger partial charge is 0.140 e. The van der Waals surface area contributed by atoms with Crippen LogP contribution < -0.4 is 10.1 Å². The van der Waals surface area contributed by atoms with Crippen LogP contribution in [0.2, 0.25) is 0 Å². The van der Waals surface area contributed by atoms with Crippen molar-refractivity contribution in [1.29, 1.82) is 0 Å². The number of anilines is 1. The third-order valence-electron chi connectivity index (χ3n) is 5.99. The van der Waals surface area contributed by atoms with E-state index in [1.54, 1.807) is 0 Å². The maximum atomic E-state index is 5.54. The molecule has 0 amide bonds. The largest absolute Gasteiger partial charge is 0.492 e. The van der Waals surface area contributed by atoms with Gasteiger partial charge in [-0.3, -0.25) is 4.98 Å². The summed E-state index contributed by atoms with van der Waals surface area (Å²) in [5.41, 5.74) is 4.50. The highest BCUT2D eigenvalue weighted by molar-refractivity contribution is 5.81. The summed E-state index contributed by atoms with van der Waals surface area (Å²) in [6, 6.07) is 8.58. The van der Waals surface area contributed by atoms with E-state index in [0.717, 1.165) is 41.7 Å². The van der Waals surface area contributed by atoms with Crippen LogP contribution in [0.25, 0.3) is 11.0 Å². The number of nitrogens with zero attached hydrogens (tertiary/aromatic N) is 3. The molecule has 0 bridgehead atoms. The molecule has 1 aliphatic rings. The molecule has 0 spiro atoms. The fourth-order valence-corrected chi connectivity index (χ4v) is 4.44. The van der Waals surface area contributed by atoms with Crippen molar-refractivity contribution >= 4 is 16.7 Å². The Morgan fingerprint density at radius 1 is 1.07 bits per heavy atom. The van der Waals surface area contributed by atoms with E-state index in [4.69, 9.17) is 9.72 Å². The summed E-state index contributed by atoms with van der Waals surface area (Å²) in [5.74, 6) is 1.57. The molecule has 3 aromatic rings. The summed E-state index contributed by atoms with van der Waals surface area (Å²) < 4.78 is 7.98. The average molecular weight is 393 g/mol. The van der Waals surface area contributed by atoms with Gasteiger partial charge in [-0.15, -0.1) is 0 Å². The molecule has 4 rings (SSSR count). The third kappa shape index (κ3) is 4.72. The summed E-state index contributed by atoms with van der Waals surface area (Å²) in [5, 5.41) is 4.41. The fraction of sp³-hybridized carbons (Fsp3) is 0.500. The Kier molecular flexibility index (Phi) is 6.33. The van der Waals surface area contributed by atoms with Crippen LogP contribution in [0.4, 0.5) is 5.69 Å². The standard InChI is InChI=1S/C24H32N4O/c1-3-29-23-11-10-20(26-16-23)14-22-13-19-12-21(25-2)15-27-24(19)28(22)17-18-8-6-4-5-7-9-18/h10-13,15-16,18,25H,3-9,14,17H2,1-2H3. The van der Waals surface area contributed by atoms with Gasteiger partial charge in [-0.25, -0.2) is 4.98 Å². The van der Waals surface area contributed by atoms with Crippen LogP contribution in [-0.4, -0.2) is 28.2 Å². The molecule has 1 N–H and O–H groups in total. The van der Waals surface area contributed by atoms with E-state index < -0.39 is 0 Å². The molecule has 5 nitrogen and oxygen atoms in total. The number of rotatable bonds is 7. The summed E-state index contributed by atoms with van der Waals surface area (Å²) in [7, 11) is 1.94. The van der Waals surface area contributed by atoms with E-state index in [-0.39, 0.29) is 0 Å². The minimum absolute atomic E-state index is 0.663. The van der Waals surface area contributed by atoms with E-state index >= 15 is 0 Å². The van der Waals surface area contributed by atoms with Crippen molar-refractivity contribution in [1.82, 2.24) is 14.5 Å². The van der Waals surface area contributed by atoms with Gasteiger partial charge >= 0.3 is 0 Å². The average Bonchev–Trinajstić information content (AvgIpc) is 2.90. The number of nitrogens with one attached hydrogen (secondary N) is 1. The van der Waals surface area contributed by atoms with Gasteiger partial charge in [0.2, 0.25) is 0 Å². The Balaban J connectivity index is 1.64.